The molecule has 0 saturated carbocycles. The molecule has 0 unspecified atom stereocenters. The molecule has 1 heterocycles. The summed E-state index contributed by atoms with van der Waals surface area (Å²) in [5.41, 5.74) is 1.30. The van der Waals surface area contributed by atoms with Gasteiger partial charge in [-0.2, -0.15) is 0 Å². The Morgan fingerprint density at radius 2 is 1.91 bits per heavy atom. The number of hydrogen-bond donors (Lipinski definition) is 3. The number of ether oxygens (including phenoxy) is 1. The van der Waals surface area contributed by atoms with Crippen molar-refractivity contribution in [3.63, 3.8) is 0 Å². The number of carbonyl (C=O) groups excluding carboxylic acids is 1. The van der Waals surface area contributed by atoms with Gasteiger partial charge in [-0.1, -0.05) is 18.2 Å². The predicted molar refractivity (Wildman–Crippen MR) is 138 cm³/mol. The van der Waals surface area contributed by atoms with E-state index in [1.807, 2.05) is 63.6 Å². The van der Waals surface area contributed by atoms with Crippen LogP contribution in [0.1, 0.15) is 38.0 Å². The summed E-state index contributed by atoms with van der Waals surface area (Å²) >= 11 is 0. The summed E-state index contributed by atoms with van der Waals surface area (Å²) < 4.78 is 7.18. The van der Waals surface area contributed by atoms with Gasteiger partial charge in [0.25, 0.3) is 0 Å². The maximum atomic E-state index is 11.9. The molecule has 1 aromatic heterocycles. The molecule has 176 valence electrons. The van der Waals surface area contributed by atoms with Gasteiger partial charge in [0, 0.05) is 25.8 Å². The van der Waals surface area contributed by atoms with Gasteiger partial charge in [0.15, 0.2) is 11.8 Å². The van der Waals surface area contributed by atoms with E-state index in [1.54, 1.807) is 6.08 Å². The number of benzene rings is 1. The van der Waals surface area contributed by atoms with E-state index in [9.17, 15) is 4.79 Å². The van der Waals surface area contributed by atoms with E-state index in [4.69, 9.17) is 4.74 Å². The highest BCUT2D eigenvalue weighted by molar-refractivity contribution is 14.0. The van der Waals surface area contributed by atoms with Crippen LogP contribution in [0.4, 0.5) is 10.5 Å². The van der Waals surface area contributed by atoms with Crippen molar-refractivity contribution in [2.45, 2.75) is 46.3 Å². The molecule has 2 aromatic rings. The summed E-state index contributed by atoms with van der Waals surface area (Å²) in [6.45, 7) is 12.9. The first-order valence-corrected chi connectivity index (χ1v) is 10.2. The molecule has 0 fully saturated rings. The lowest BCUT2D eigenvalue weighted by atomic mass is 10.1. The third kappa shape index (κ3) is 9.67. The minimum absolute atomic E-state index is 0. The first-order chi connectivity index (χ1) is 14.7. The monoisotopic (exact) mass is 555 g/mol. The van der Waals surface area contributed by atoms with Crippen LogP contribution in [0.3, 0.4) is 0 Å². The van der Waals surface area contributed by atoms with E-state index in [0.717, 1.165) is 23.6 Å². The Kier molecular flexibility index (Phi) is 11.2. The van der Waals surface area contributed by atoms with Crippen molar-refractivity contribution < 1.29 is 9.53 Å². The average molecular weight is 555 g/mol. The van der Waals surface area contributed by atoms with Crippen molar-refractivity contribution in [1.29, 1.82) is 0 Å². The molecule has 0 radical (unpaired) electrons. The molecule has 9 nitrogen and oxygen atoms in total. The Balaban J connectivity index is 0.00000512. The molecule has 0 saturated heterocycles. The van der Waals surface area contributed by atoms with Crippen LogP contribution in [-0.4, -0.2) is 45.5 Å². The van der Waals surface area contributed by atoms with Crippen molar-refractivity contribution in [3.05, 3.63) is 54.1 Å². The van der Waals surface area contributed by atoms with Gasteiger partial charge in [0.1, 0.15) is 18.0 Å². The SMILES string of the molecule is C=CCNC(=NCc1nnc(C)n1C)NCCc1ccc(NC(=O)OC(C)(C)C)cc1.I. The minimum Gasteiger partial charge on any atom is -0.444 e. The Bertz CT molecular complexity index is 902. The average Bonchev–Trinajstić information content (AvgIpc) is 3.01. The van der Waals surface area contributed by atoms with Crippen LogP contribution < -0.4 is 16.0 Å². The number of aromatic nitrogens is 3. The molecule has 0 aliphatic heterocycles. The Morgan fingerprint density at radius 3 is 2.47 bits per heavy atom. The molecular formula is C22H34IN7O2. The summed E-state index contributed by atoms with van der Waals surface area (Å²) in [7, 11) is 1.92. The van der Waals surface area contributed by atoms with Crippen molar-refractivity contribution in [2.75, 3.05) is 18.4 Å². The summed E-state index contributed by atoms with van der Waals surface area (Å²) in [4.78, 5) is 16.4. The lowest BCUT2D eigenvalue weighted by Crippen LogP contribution is -2.38. The fraction of sp³-hybridized carbons (Fsp3) is 0.455. The van der Waals surface area contributed by atoms with E-state index in [1.165, 1.54) is 0 Å². The lowest BCUT2D eigenvalue weighted by Gasteiger charge is -2.19. The van der Waals surface area contributed by atoms with Crippen molar-refractivity contribution in [2.24, 2.45) is 12.0 Å². The highest BCUT2D eigenvalue weighted by atomic mass is 127. The van der Waals surface area contributed by atoms with E-state index in [2.05, 4.69) is 37.7 Å². The Labute approximate surface area is 207 Å². The number of rotatable bonds is 8. The lowest BCUT2D eigenvalue weighted by molar-refractivity contribution is 0.0636. The second-order valence-electron chi connectivity index (χ2n) is 8.06. The van der Waals surface area contributed by atoms with Gasteiger partial charge in [-0.15, -0.1) is 40.8 Å². The highest BCUT2D eigenvalue weighted by Gasteiger charge is 2.16. The molecule has 2 rings (SSSR count). The number of anilines is 1. The molecule has 0 bridgehead atoms. The van der Waals surface area contributed by atoms with Crippen molar-refractivity contribution >= 4 is 41.7 Å². The topological polar surface area (TPSA) is 105 Å². The molecule has 1 amide bonds. The zero-order valence-electron chi connectivity index (χ0n) is 19.4. The number of aliphatic imine (C=N–C) groups is 1. The van der Waals surface area contributed by atoms with Gasteiger partial charge < -0.3 is 19.9 Å². The van der Waals surface area contributed by atoms with Gasteiger partial charge in [0.2, 0.25) is 0 Å². The molecule has 0 aliphatic rings. The molecular weight excluding hydrogens is 521 g/mol. The number of halogens is 1. The minimum atomic E-state index is -0.528. The van der Waals surface area contributed by atoms with Gasteiger partial charge >= 0.3 is 6.09 Å². The van der Waals surface area contributed by atoms with Gasteiger partial charge in [-0.05, 0) is 51.8 Å². The highest BCUT2D eigenvalue weighted by Crippen LogP contribution is 2.13. The number of carbonyl (C=O) groups is 1. The molecule has 0 spiro atoms. The standard InChI is InChI=1S/C22H33N7O2.HI/c1-7-13-23-20(25-15-19-28-27-16(2)29(19)6)24-14-12-17-8-10-18(11-9-17)26-21(30)31-22(3,4)5;/h7-11H,1,12-15H2,2-6H3,(H,26,30)(H2,23,24,25);1H. The van der Waals surface area contributed by atoms with Crippen LogP contribution in [0.15, 0.2) is 41.9 Å². The number of guanidine groups is 1. The number of amides is 1. The maximum Gasteiger partial charge on any atom is 0.412 e. The third-order valence-corrected chi connectivity index (χ3v) is 4.28. The van der Waals surface area contributed by atoms with Crippen LogP contribution in [0.25, 0.3) is 0 Å². The van der Waals surface area contributed by atoms with Gasteiger partial charge in [-0.25, -0.2) is 9.79 Å². The van der Waals surface area contributed by atoms with E-state index >= 15 is 0 Å². The van der Waals surface area contributed by atoms with Crippen LogP contribution in [0, 0.1) is 6.92 Å². The molecule has 3 N–H and O–H groups in total. The zero-order valence-corrected chi connectivity index (χ0v) is 21.8. The van der Waals surface area contributed by atoms with Crippen LogP contribution in [0.2, 0.25) is 0 Å². The van der Waals surface area contributed by atoms with Crippen LogP contribution in [-0.2, 0) is 24.8 Å². The first kappa shape index (κ1) is 27.4. The number of hydrogen-bond acceptors (Lipinski definition) is 5. The van der Waals surface area contributed by atoms with Crippen molar-refractivity contribution in [3.8, 4) is 0 Å². The number of nitrogens with zero attached hydrogens (tertiary/aromatic N) is 4. The molecule has 1 aromatic carbocycles. The summed E-state index contributed by atoms with van der Waals surface area (Å²) in [5, 5.41) is 17.4. The molecule has 10 heteroatoms. The normalized spacial score (nSPS) is 11.3. The third-order valence-electron chi connectivity index (χ3n) is 4.28. The Hall–Kier alpha value is -2.63. The second-order valence-corrected chi connectivity index (χ2v) is 8.06. The molecule has 32 heavy (non-hydrogen) atoms. The first-order valence-electron chi connectivity index (χ1n) is 10.2. The fourth-order valence-corrected chi connectivity index (χ4v) is 2.58. The van der Waals surface area contributed by atoms with Crippen molar-refractivity contribution in [1.82, 2.24) is 25.4 Å². The fourth-order valence-electron chi connectivity index (χ4n) is 2.58. The number of aryl methyl sites for hydroxylation is 1. The Morgan fingerprint density at radius 1 is 1.22 bits per heavy atom. The molecule has 0 aliphatic carbocycles. The van der Waals surface area contributed by atoms with E-state index in [0.29, 0.717) is 31.3 Å². The largest absolute Gasteiger partial charge is 0.444 e. The maximum absolute atomic E-state index is 11.9. The molecule has 0 atom stereocenters. The van der Waals surface area contributed by atoms with Gasteiger partial charge in [-0.3, -0.25) is 5.32 Å². The smallest absolute Gasteiger partial charge is 0.412 e. The summed E-state index contributed by atoms with van der Waals surface area (Å²) in [6, 6.07) is 7.68. The quantitative estimate of drug-likeness (QED) is 0.199. The summed E-state index contributed by atoms with van der Waals surface area (Å²) in [6.07, 6.45) is 2.11. The van der Waals surface area contributed by atoms with Crippen LogP contribution in [0.5, 0.6) is 0 Å². The van der Waals surface area contributed by atoms with E-state index < -0.39 is 11.7 Å². The van der Waals surface area contributed by atoms with Crippen LogP contribution >= 0.6 is 24.0 Å². The summed E-state index contributed by atoms with van der Waals surface area (Å²) in [5.74, 6) is 2.33. The zero-order chi connectivity index (χ0) is 22.9. The van der Waals surface area contributed by atoms with E-state index in [-0.39, 0.29) is 24.0 Å². The predicted octanol–water partition coefficient (Wildman–Crippen LogP) is 3.55. The second kappa shape index (κ2) is 13.0. The van der Waals surface area contributed by atoms with Gasteiger partial charge in [0.05, 0.1) is 0 Å². The number of nitrogens with one attached hydrogen (secondary N) is 3.